The maximum absolute atomic E-state index is 10.6. The molecule has 0 saturated carbocycles. The Morgan fingerprint density at radius 3 is 2.94 bits per heavy atom. The normalized spacial score (nSPS) is 14.4. The van der Waals surface area contributed by atoms with Crippen molar-refractivity contribution in [1.82, 2.24) is 9.55 Å². The Morgan fingerprint density at radius 2 is 2.39 bits per heavy atom. The van der Waals surface area contributed by atoms with Crippen molar-refractivity contribution in [2.45, 2.75) is 30.6 Å². The molecule has 0 aliphatic heterocycles. The van der Waals surface area contributed by atoms with Gasteiger partial charge >= 0.3 is 5.97 Å². The van der Waals surface area contributed by atoms with Gasteiger partial charge in [-0.15, -0.1) is 23.4 Å². The molecule has 2 unspecified atom stereocenters. The Morgan fingerprint density at radius 1 is 1.72 bits per heavy atom. The minimum Gasteiger partial charge on any atom is -0.480 e. The quantitative estimate of drug-likeness (QED) is 0.493. The third kappa shape index (κ3) is 4.16. The molecule has 0 fully saturated rings. The number of rotatable bonds is 7. The largest absolute Gasteiger partial charge is 0.480 e. The molecule has 1 heterocycles. The van der Waals surface area contributed by atoms with Crippen LogP contribution < -0.4 is 5.73 Å². The summed E-state index contributed by atoms with van der Waals surface area (Å²) in [6.45, 7) is 2.14. The first-order valence-electron chi connectivity index (χ1n) is 5.33. The highest BCUT2D eigenvalue weighted by Crippen LogP contribution is 2.20. The van der Waals surface area contributed by atoms with Crippen molar-refractivity contribution in [2.24, 2.45) is 5.73 Å². The van der Waals surface area contributed by atoms with Crippen molar-refractivity contribution < 1.29 is 15.0 Å². The first-order valence-corrected chi connectivity index (χ1v) is 6.85. The molecule has 0 aliphatic rings. The van der Waals surface area contributed by atoms with Gasteiger partial charge in [0.15, 0.2) is 0 Å². The van der Waals surface area contributed by atoms with E-state index in [0.29, 0.717) is 6.54 Å². The van der Waals surface area contributed by atoms with Crippen molar-refractivity contribution in [3.63, 3.8) is 0 Å². The smallest absolute Gasteiger partial charge is 0.321 e. The van der Waals surface area contributed by atoms with Crippen molar-refractivity contribution in [2.75, 3.05) is 11.6 Å². The Balaban J connectivity index is 2.68. The van der Waals surface area contributed by atoms with Gasteiger partial charge in [0, 0.05) is 5.75 Å². The third-order valence-corrected chi connectivity index (χ3v) is 3.82. The highest BCUT2D eigenvalue weighted by Gasteiger charge is 2.15. The first-order chi connectivity index (χ1) is 8.45. The van der Waals surface area contributed by atoms with E-state index < -0.39 is 18.1 Å². The lowest BCUT2D eigenvalue weighted by atomic mass is 10.4. The Kier molecular flexibility index (Phi) is 5.94. The standard InChI is InChI=1S/C10H16ClN3O3S/c1-6-13-3-9(14(6)4-7(15)2-11)18-5-8(12)10(16)17/h3,7-8,15H,2,4-5,12H2,1H3,(H,16,17). The molecule has 102 valence electrons. The highest BCUT2D eigenvalue weighted by atomic mass is 35.5. The van der Waals surface area contributed by atoms with Crippen LogP contribution in [0.4, 0.5) is 0 Å². The van der Waals surface area contributed by atoms with Gasteiger partial charge in [-0.2, -0.15) is 0 Å². The summed E-state index contributed by atoms with van der Waals surface area (Å²) >= 11 is 6.85. The van der Waals surface area contributed by atoms with Gasteiger partial charge in [-0.05, 0) is 6.92 Å². The van der Waals surface area contributed by atoms with Gasteiger partial charge in [0.1, 0.15) is 11.9 Å². The van der Waals surface area contributed by atoms with Crippen LogP contribution in [0.3, 0.4) is 0 Å². The zero-order valence-corrected chi connectivity index (χ0v) is 11.5. The number of aliphatic hydroxyl groups is 1. The minimum absolute atomic E-state index is 0.135. The summed E-state index contributed by atoms with van der Waals surface area (Å²) in [5.41, 5.74) is 5.43. The van der Waals surface area contributed by atoms with Crippen molar-refractivity contribution in [1.29, 1.82) is 0 Å². The second kappa shape index (κ2) is 6.98. The molecule has 2 atom stereocenters. The van der Waals surface area contributed by atoms with E-state index in [1.54, 1.807) is 10.8 Å². The number of nitrogens with zero attached hydrogens (tertiary/aromatic N) is 2. The molecule has 1 rings (SSSR count). The zero-order chi connectivity index (χ0) is 13.7. The van der Waals surface area contributed by atoms with E-state index in [1.807, 2.05) is 6.92 Å². The molecule has 6 nitrogen and oxygen atoms in total. The number of aliphatic carboxylic acids is 1. The monoisotopic (exact) mass is 293 g/mol. The summed E-state index contributed by atoms with van der Waals surface area (Å²) in [5, 5.41) is 19.0. The number of thioether (sulfide) groups is 1. The van der Waals surface area contributed by atoms with Gasteiger partial charge in [-0.1, -0.05) is 0 Å². The van der Waals surface area contributed by atoms with Gasteiger partial charge in [-0.25, -0.2) is 4.98 Å². The van der Waals surface area contributed by atoms with Crippen LogP contribution in [0, 0.1) is 6.92 Å². The van der Waals surface area contributed by atoms with E-state index in [9.17, 15) is 9.90 Å². The lowest BCUT2D eigenvalue weighted by Gasteiger charge is -2.13. The minimum atomic E-state index is -1.04. The molecular formula is C10H16ClN3O3S. The van der Waals surface area contributed by atoms with Crippen LogP contribution >= 0.6 is 23.4 Å². The number of imidazole rings is 1. The fourth-order valence-electron chi connectivity index (χ4n) is 1.29. The predicted octanol–water partition coefficient (Wildman–Crippen LogP) is 0.295. The molecule has 18 heavy (non-hydrogen) atoms. The van der Waals surface area contributed by atoms with E-state index in [4.69, 9.17) is 22.4 Å². The summed E-state index contributed by atoms with van der Waals surface area (Å²) in [7, 11) is 0. The topological polar surface area (TPSA) is 101 Å². The van der Waals surface area contributed by atoms with Gasteiger partial charge in [0.05, 0.1) is 29.8 Å². The fourth-order valence-corrected chi connectivity index (χ4v) is 2.37. The average molecular weight is 294 g/mol. The van der Waals surface area contributed by atoms with Crippen molar-refractivity contribution >= 4 is 29.3 Å². The maximum atomic E-state index is 10.6. The van der Waals surface area contributed by atoms with E-state index in [-0.39, 0.29) is 11.6 Å². The van der Waals surface area contributed by atoms with Crippen LogP contribution in [-0.2, 0) is 11.3 Å². The van der Waals surface area contributed by atoms with E-state index in [2.05, 4.69) is 4.98 Å². The number of aryl methyl sites for hydroxylation is 1. The SMILES string of the molecule is Cc1ncc(SCC(N)C(=O)O)n1CC(O)CCl. The first kappa shape index (κ1) is 15.3. The lowest BCUT2D eigenvalue weighted by molar-refractivity contribution is -0.137. The van der Waals surface area contributed by atoms with E-state index in [0.717, 1.165) is 10.9 Å². The molecule has 0 bridgehead atoms. The molecule has 0 radical (unpaired) electrons. The summed E-state index contributed by atoms with van der Waals surface area (Å²) in [4.78, 5) is 14.7. The molecule has 0 aromatic carbocycles. The van der Waals surface area contributed by atoms with Crippen LogP contribution in [-0.4, -0.2) is 49.5 Å². The molecule has 8 heteroatoms. The van der Waals surface area contributed by atoms with Crippen molar-refractivity contribution in [3.8, 4) is 0 Å². The van der Waals surface area contributed by atoms with Crippen molar-refractivity contribution in [3.05, 3.63) is 12.0 Å². The molecule has 1 aromatic heterocycles. The fraction of sp³-hybridized carbons (Fsp3) is 0.600. The summed E-state index contributed by atoms with van der Waals surface area (Å²) in [6.07, 6.45) is 0.974. The molecule has 1 aromatic rings. The Hall–Kier alpha value is -0.760. The molecule has 0 spiro atoms. The number of aromatic nitrogens is 2. The van der Waals surface area contributed by atoms with Crippen LogP contribution in [0.15, 0.2) is 11.2 Å². The number of hydrogen-bond acceptors (Lipinski definition) is 5. The second-order valence-corrected chi connectivity index (χ2v) is 5.17. The number of nitrogens with two attached hydrogens (primary N) is 1. The Labute approximate surface area is 114 Å². The molecule has 0 aliphatic carbocycles. The number of hydrogen-bond donors (Lipinski definition) is 3. The van der Waals surface area contributed by atoms with Crippen LogP contribution in [0.2, 0.25) is 0 Å². The van der Waals surface area contributed by atoms with Gasteiger partial charge in [0.25, 0.3) is 0 Å². The molecular weight excluding hydrogens is 278 g/mol. The number of halogens is 1. The van der Waals surface area contributed by atoms with Crippen LogP contribution in [0.1, 0.15) is 5.82 Å². The number of carbonyl (C=O) groups is 1. The Bertz CT molecular complexity index is 413. The third-order valence-electron chi connectivity index (χ3n) is 2.32. The average Bonchev–Trinajstić information content (AvgIpc) is 2.67. The second-order valence-electron chi connectivity index (χ2n) is 3.82. The lowest BCUT2D eigenvalue weighted by Crippen LogP contribution is -2.32. The molecule has 0 amide bonds. The van der Waals surface area contributed by atoms with Gasteiger partial charge < -0.3 is 20.5 Å². The zero-order valence-electron chi connectivity index (χ0n) is 9.91. The number of carboxylic acid groups (broad SMARTS) is 1. The number of alkyl halides is 1. The van der Waals surface area contributed by atoms with E-state index >= 15 is 0 Å². The van der Waals surface area contributed by atoms with Gasteiger partial charge in [0.2, 0.25) is 0 Å². The number of aliphatic hydroxyl groups excluding tert-OH is 1. The van der Waals surface area contributed by atoms with E-state index in [1.165, 1.54) is 11.8 Å². The molecule has 0 saturated heterocycles. The summed E-state index contributed by atoms with van der Waals surface area (Å²) in [5.74, 6) is 0.0880. The summed E-state index contributed by atoms with van der Waals surface area (Å²) in [6, 6.07) is -0.920. The molecule has 4 N–H and O–H groups in total. The van der Waals surface area contributed by atoms with Gasteiger partial charge in [-0.3, -0.25) is 4.79 Å². The predicted molar refractivity (Wildman–Crippen MR) is 70.0 cm³/mol. The van der Waals surface area contributed by atoms with Crippen LogP contribution in [0.5, 0.6) is 0 Å². The summed E-state index contributed by atoms with van der Waals surface area (Å²) < 4.78 is 1.80. The maximum Gasteiger partial charge on any atom is 0.321 e. The van der Waals surface area contributed by atoms with Crippen LogP contribution in [0.25, 0.3) is 0 Å². The highest BCUT2D eigenvalue weighted by molar-refractivity contribution is 7.99. The number of carboxylic acids is 1.